The Balaban J connectivity index is 3.23. The lowest BCUT2D eigenvalue weighted by Crippen LogP contribution is -2.06. The summed E-state index contributed by atoms with van der Waals surface area (Å²) < 4.78 is 4.88. The number of rotatable bonds is 3. The molecule has 0 aliphatic rings. The van der Waals surface area contributed by atoms with Crippen molar-refractivity contribution in [1.82, 2.24) is 0 Å². The Hall–Kier alpha value is -1.53. The first-order chi connectivity index (χ1) is 7.63. The Morgan fingerprint density at radius 3 is 2.69 bits per heavy atom. The SMILES string of the molecule is CCOC(=O)c1cc(C#N)c(Cl)c(CC)c1. The summed E-state index contributed by atoms with van der Waals surface area (Å²) in [6.07, 6.45) is 0.667. The van der Waals surface area contributed by atoms with Crippen LogP contribution in [-0.4, -0.2) is 12.6 Å². The van der Waals surface area contributed by atoms with Crippen molar-refractivity contribution in [2.45, 2.75) is 20.3 Å². The Morgan fingerprint density at radius 2 is 2.19 bits per heavy atom. The molecule has 0 spiro atoms. The molecule has 1 aromatic carbocycles. The van der Waals surface area contributed by atoms with Gasteiger partial charge in [-0.2, -0.15) is 5.26 Å². The largest absolute Gasteiger partial charge is 0.462 e. The zero-order valence-electron chi connectivity index (χ0n) is 9.21. The number of hydrogen-bond donors (Lipinski definition) is 0. The van der Waals surface area contributed by atoms with Crippen LogP contribution in [0.15, 0.2) is 12.1 Å². The smallest absolute Gasteiger partial charge is 0.338 e. The number of carbonyl (C=O) groups is 1. The van der Waals surface area contributed by atoms with Crippen LogP contribution in [-0.2, 0) is 11.2 Å². The molecular formula is C12H12ClNO2. The fraction of sp³-hybridized carbons (Fsp3) is 0.333. The maximum atomic E-state index is 11.5. The summed E-state index contributed by atoms with van der Waals surface area (Å²) in [4.78, 5) is 11.5. The molecule has 1 rings (SSSR count). The van der Waals surface area contributed by atoms with Gasteiger partial charge in [-0.25, -0.2) is 4.79 Å². The maximum Gasteiger partial charge on any atom is 0.338 e. The van der Waals surface area contributed by atoms with Crippen molar-refractivity contribution in [3.8, 4) is 6.07 Å². The molecule has 0 heterocycles. The number of halogens is 1. The van der Waals surface area contributed by atoms with Crippen LogP contribution in [0.5, 0.6) is 0 Å². The van der Waals surface area contributed by atoms with E-state index in [0.29, 0.717) is 29.2 Å². The van der Waals surface area contributed by atoms with E-state index in [1.165, 1.54) is 6.07 Å². The molecule has 0 fully saturated rings. The molecule has 0 saturated heterocycles. The molecule has 0 amide bonds. The van der Waals surface area contributed by atoms with Gasteiger partial charge in [-0.05, 0) is 31.0 Å². The van der Waals surface area contributed by atoms with Gasteiger partial charge >= 0.3 is 5.97 Å². The molecule has 0 radical (unpaired) electrons. The highest BCUT2D eigenvalue weighted by atomic mass is 35.5. The topological polar surface area (TPSA) is 50.1 Å². The van der Waals surface area contributed by atoms with Crippen LogP contribution in [0.25, 0.3) is 0 Å². The standard InChI is InChI=1S/C12H12ClNO2/c1-3-8-5-9(12(15)16-4-2)6-10(7-14)11(8)13/h5-6H,3-4H2,1-2H3. The Bertz CT molecular complexity index is 449. The fourth-order valence-corrected chi connectivity index (χ4v) is 1.64. The second-order valence-corrected chi connectivity index (χ2v) is 3.56. The van der Waals surface area contributed by atoms with Crippen LogP contribution in [0.4, 0.5) is 0 Å². The highest BCUT2D eigenvalue weighted by molar-refractivity contribution is 6.32. The lowest BCUT2D eigenvalue weighted by atomic mass is 10.0. The summed E-state index contributed by atoms with van der Waals surface area (Å²) in [5.41, 5.74) is 1.47. The molecule has 0 atom stereocenters. The Labute approximate surface area is 99.6 Å². The minimum atomic E-state index is -0.426. The van der Waals surface area contributed by atoms with Crippen LogP contribution in [0.3, 0.4) is 0 Å². The molecular weight excluding hydrogens is 226 g/mol. The third-order valence-corrected chi connectivity index (χ3v) is 2.61. The first-order valence-electron chi connectivity index (χ1n) is 5.03. The number of aryl methyl sites for hydroxylation is 1. The Morgan fingerprint density at radius 1 is 1.50 bits per heavy atom. The third kappa shape index (κ3) is 2.53. The van der Waals surface area contributed by atoms with E-state index in [1.807, 2.05) is 13.0 Å². The molecule has 0 saturated carbocycles. The summed E-state index contributed by atoms with van der Waals surface area (Å²) in [5, 5.41) is 9.30. The van der Waals surface area contributed by atoms with Crippen LogP contribution in [0.2, 0.25) is 5.02 Å². The van der Waals surface area contributed by atoms with E-state index in [9.17, 15) is 4.79 Å². The highest BCUT2D eigenvalue weighted by Gasteiger charge is 2.13. The minimum absolute atomic E-state index is 0.309. The number of nitriles is 1. The Kier molecular flexibility index (Phi) is 4.33. The van der Waals surface area contributed by atoms with Crippen molar-refractivity contribution in [2.24, 2.45) is 0 Å². The van der Waals surface area contributed by atoms with Gasteiger partial charge in [0.15, 0.2) is 0 Å². The number of ether oxygens (including phenoxy) is 1. The molecule has 1 aromatic rings. The predicted octanol–water partition coefficient (Wildman–Crippen LogP) is 2.95. The van der Waals surface area contributed by atoms with Gasteiger partial charge < -0.3 is 4.74 Å². The normalized spacial score (nSPS) is 9.62. The predicted molar refractivity (Wildman–Crippen MR) is 61.5 cm³/mol. The lowest BCUT2D eigenvalue weighted by molar-refractivity contribution is 0.0526. The van der Waals surface area contributed by atoms with Crippen molar-refractivity contribution in [3.63, 3.8) is 0 Å². The summed E-state index contributed by atoms with van der Waals surface area (Å²) in [6, 6.07) is 5.09. The molecule has 4 heteroatoms. The first-order valence-corrected chi connectivity index (χ1v) is 5.41. The molecule has 0 aromatic heterocycles. The van der Waals surface area contributed by atoms with Gasteiger partial charge in [0, 0.05) is 0 Å². The van der Waals surface area contributed by atoms with E-state index in [-0.39, 0.29) is 0 Å². The second kappa shape index (κ2) is 5.53. The number of hydrogen-bond acceptors (Lipinski definition) is 3. The summed E-state index contributed by atoms with van der Waals surface area (Å²) >= 11 is 5.99. The van der Waals surface area contributed by atoms with Crippen molar-refractivity contribution in [2.75, 3.05) is 6.61 Å². The molecule has 84 valence electrons. The number of nitrogens with zero attached hydrogens (tertiary/aromatic N) is 1. The number of carbonyl (C=O) groups excluding carboxylic acids is 1. The van der Waals surface area contributed by atoms with Gasteiger partial charge in [-0.1, -0.05) is 18.5 Å². The molecule has 0 aliphatic carbocycles. The molecule has 3 nitrogen and oxygen atoms in total. The average molecular weight is 238 g/mol. The maximum absolute atomic E-state index is 11.5. The molecule has 16 heavy (non-hydrogen) atoms. The van der Waals surface area contributed by atoms with E-state index < -0.39 is 5.97 Å². The van der Waals surface area contributed by atoms with Gasteiger partial charge in [0.1, 0.15) is 6.07 Å². The van der Waals surface area contributed by atoms with Gasteiger partial charge in [-0.15, -0.1) is 0 Å². The zero-order valence-corrected chi connectivity index (χ0v) is 9.97. The molecule has 0 bridgehead atoms. The molecule has 0 N–H and O–H groups in total. The quantitative estimate of drug-likeness (QED) is 0.760. The fourth-order valence-electron chi connectivity index (χ4n) is 1.36. The van der Waals surface area contributed by atoms with E-state index >= 15 is 0 Å². The first kappa shape index (κ1) is 12.5. The molecule has 0 aliphatic heterocycles. The van der Waals surface area contributed by atoms with Gasteiger partial charge in [-0.3, -0.25) is 0 Å². The number of esters is 1. The van der Waals surface area contributed by atoms with Gasteiger partial charge in [0.2, 0.25) is 0 Å². The average Bonchev–Trinajstić information content (AvgIpc) is 2.29. The third-order valence-electron chi connectivity index (χ3n) is 2.16. The highest BCUT2D eigenvalue weighted by Crippen LogP contribution is 2.23. The van der Waals surface area contributed by atoms with E-state index in [1.54, 1.807) is 13.0 Å². The van der Waals surface area contributed by atoms with Gasteiger partial charge in [0.05, 0.1) is 22.8 Å². The van der Waals surface area contributed by atoms with Crippen molar-refractivity contribution in [1.29, 1.82) is 5.26 Å². The van der Waals surface area contributed by atoms with Crippen LogP contribution in [0, 0.1) is 11.3 Å². The monoisotopic (exact) mass is 237 g/mol. The minimum Gasteiger partial charge on any atom is -0.462 e. The van der Waals surface area contributed by atoms with E-state index in [2.05, 4.69) is 0 Å². The van der Waals surface area contributed by atoms with Crippen LogP contribution < -0.4 is 0 Å². The summed E-state index contributed by atoms with van der Waals surface area (Å²) in [5.74, 6) is -0.426. The van der Waals surface area contributed by atoms with Gasteiger partial charge in [0.25, 0.3) is 0 Å². The van der Waals surface area contributed by atoms with Crippen LogP contribution >= 0.6 is 11.6 Å². The second-order valence-electron chi connectivity index (χ2n) is 3.18. The summed E-state index contributed by atoms with van der Waals surface area (Å²) in [7, 11) is 0. The van der Waals surface area contributed by atoms with Crippen molar-refractivity contribution < 1.29 is 9.53 Å². The molecule has 0 unspecified atom stereocenters. The number of benzene rings is 1. The van der Waals surface area contributed by atoms with Crippen molar-refractivity contribution in [3.05, 3.63) is 33.8 Å². The summed E-state index contributed by atoms with van der Waals surface area (Å²) in [6.45, 7) is 3.96. The van der Waals surface area contributed by atoms with Crippen molar-refractivity contribution >= 4 is 17.6 Å². The lowest BCUT2D eigenvalue weighted by Gasteiger charge is -2.07. The van der Waals surface area contributed by atoms with E-state index in [0.717, 1.165) is 5.56 Å². The van der Waals surface area contributed by atoms with E-state index in [4.69, 9.17) is 21.6 Å². The van der Waals surface area contributed by atoms with Crippen LogP contribution in [0.1, 0.15) is 35.3 Å². The zero-order chi connectivity index (χ0) is 12.1.